The van der Waals surface area contributed by atoms with Gasteiger partial charge in [-0.1, -0.05) is 0 Å². The number of nitrogens with two attached hydrogens (primary N) is 1. The number of pyridine rings is 1. The van der Waals surface area contributed by atoms with Crippen LogP contribution in [0.5, 0.6) is 0 Å². The number of nitrogens with zero attached hydrogens (tertiary/aromatic N) is 2. The van der Waals surface area contributed by atoms with Crippen LogP contribution in [0.3, 0.4) is 0 Å². The number of carbonyl (C=O) groups is 1. The Balaban J connectivity index is 2.96. The van der Waals surface area contributed by atoms with Crippen molar-refractivity contribution in [3.63, 3.8) is 0 Å². The molecule has 0 spiro atoms. The fourth-order valence-corrected chi connectivity index (χ4v) is 1.46. The van der Waals surface area contributed by atoms with Gasteiger partial charge in [0.25, 0.3) is 0 Å². The Hall–Kier alpha value is -2.03. The number of halogens is 3. The smallest absolute Gasteiger partial charge is 0.359 e. The SMILES string of the molecule is CNC(=O)CCN(C)c1cc(C(F)(F)F)cc(NN)n1. The van der Waals surface area contributed by atoms with Crippen LogP contribution < -0.4 is 21.5 Å². The van der Waals surface area contributed by atoms with Crippen molar-refractivity contribution in [2.75, 3.05) is 31.0 Å². The third-order valence-electron chi connectivity index (χ3n) is 2.63. The molecule has 0 atom stereocenters. The number of rotatable bonds is 5. The standard InChI is InChI=1S/C11H16F3N5O/c1-16-10(20)3-4-19(2)9-6-7(11(12,13)14)5-8(17-9)18-15/h5-6H,3-4,15H2,1-2H3,(H,16,20)(H,17,18). The van der Waals surface area contributed by atoms with E-state index in [9.17, 15) is 18.0 Å². The number of hydrogen-bond donors (Lipinski definition) is 3. The zero-order valence-electron chi connectivity index (χ0n) is 11.1. The van der Waals surface area contributed by atoms with Crippen LogP contribution in [0.1, 0.15) is 12.0 Å². The molecule has 0 saturated heterocycles. The predicted molar refractivity (Wildman–Crippen MR) is 69.0 cm³/mol. The van der Waals surface area contributed by atoms with Gasteiger partial charge in [0.05, 0.1) is 5.56 Å². The van der Waals surface area contributed by atoms with Crippen LogP contribution >= 0.6 is 0 Å². The fraction of sp³-hybridized carbons (Fsp3) is 0.455. The van der Waals surface area contributed by atoms with E-state index in [0.717, 1.165) is 12.1 Å². The number of hydrogen-bond acceptors (Lipinski definition) is 5. The van der Waals surface area contributed by atoms with E-state index in [2.05, 4.69) is 15.7 Å². The lowest BCUT2D eigenvalue weighted by atomic mass is 10.2. The first kappa shape index (κ1) is 16.0. The average molecular weight is 291 g/mol. The highest BCUT2D eigenvalue weighted by Crippen LogP contribution is 2.32. The Morgan fingerprint density at radius 2 is 2.10 bits per heavy atom. The lowest BCUT2D eigenvalue weighted by Gasteiger charge is -2.20. The minimum Gasteiger partial charge on any atom is -0.359 e. The first-order valence-electron chi connectivity index (χ1n) is 5.75. The quantitative estimate of drug-likeness (QED) is 0.556. The molecule has 1 amide bonds. The van der Waals surface area contributed by atoms with Gasteiger partial charge in [-0.15, -0.1) is 0 Å². The second kappa shape index (κ2) is 6.42. The van der Waals surface area contributed by atoms with Crippen molar-refractivity contribution in [3.8, 4) is 0 Å². The minimum absolute atomic E-state index is 0.0803. The number of amides is 1. The van der Waals surface area contributed by atoms with Gasteiger partial charge in [0.2, 0.25) is 5.91 Å². The highest BCUT2D eigenvalue weighted by molar-refractivity contribution is 5.76. The molecule has 9 heteroatoms. The zero-order valence-corrected chi connectivity index (χ0v) is 11.1. The number of anilines is 2. The van der Waals surface area contributed by atoms with Gasteiger partial charge in [-0.2, -0.15) is 13.2 Å². The van der Waals surface area contributed by atoms with Gasteiger partial charge >= 0.3 is 6.18 Å². The Labute approximate surface area is 114 Å². The second-order valence-corrected chi connectivity index (χ2v) is 4.09. The maximum Gasteiger partial charge on any atom is 0.416 e. The molecule has 0 aliphatic rings. The van der Waals surface area contributed by atoms with Gasteiger partial charge in [-0.3, -0.25) is 4.79 Å². The van der Waals surface area contributed by atoms with Crippen molar-refractivity contribution in [1.29, 1.82) is 0 Å². The van der Waals surface area contributed by atoms with Crippen LogP contribution in [-0.2, 0) is 11.0 Å². The number of hydrazine groups is 1. The van der Waals surface area contributed by atoms with Crippen molar-refractivity contribution in [1.82, 2.24) is 10.3 Å². The van der Waals surface area contributed by atoms with Crippen molar-refractivity contribution >= 4 is 17.5 Å². The van der Waals surface area contributed by atoms with Gasteiger partial charge in [-0.05, 0) is 12.1 Å². The van der Waals surface area contributed by atoms with E-state index in [0.29, 0.717) is 0 Å². The van der Waals surface area contributed by atoms with E-state index in [1.54, 1.807) is 7.05 Å². The van der Waals surface area contributed by atoms with Gasteiger partial charge in [0.15, 0.2) is 0 Å². The molecule has 1 aromatic rings. The summed E-state index contributed by atoms with van der Waals surface area (Å²) in [5.74, 6) is 4.89. The summed E-state index contributed by atoms with van der Waals surface area (Å²) in [5, 5.41) is 2.43. The molecule has 0 saturated carbocycles. The fourth-order valence-electron chi connectivity index (χ4n) is 1.46. The van der Waals surface area contributed by atoms with Crippen molar-refractivity contribution in [3.05, 3.63) is 17.7 Å². The Kier molecular flexibility index (Phi) is 5.14. The van der Waals surface area contributed by atoms with Gasteiger partial charge < -0.3 is 15.6 Å². The number of nitrogens with one attached hydrogen (secondary N) is 2. The highest BCUT2D eigenvalue weighted by Gasteiger charge is 2.32. The van der Waals surface area contributed by atoms with E-state index in [1.807, 2.05) is 0 Å². The van der Waals surface area contributed by atoms with Crippen LogP contribution in [0.4, 0.5) is 24.8 Å². The molecule has 1 aromatic heterocycles. The summed E-state index contributed by atoms with van der Waals surface area (Å²) in [7, 11) is 3.03. The largest absolute Gasteiger partial charge is 0.416 e. The lowest BCUT2D eigenvalue weighted by molar-refractivity contribution is -0.137. The maximum atomic E-state index is 12.7. The number of aromatic nitrogens is 1. The van der Waals surface area contributed by atoms with Crippen molar-refractivity contribution in [2.24, 2.45) is 5.84 Å². The van der Waals surface area contributed by atoms with E-state index < -0.39 is 11.7 Å². The highest BCUT2D eigenvalue weighted by atomic mass is 19.4. The summed E-state index contributed by atoms with van der Waals surface area (Å²) in [6.45, 7) is 0.234. The zero-order chi connectivity index (χ0) is 15.3. The van der Waals surface area contributed by atoms with Crippen molar-refractivity contribution in [2.45, 2.75) is 12.6 Å². The van der Waals surface area contributed by atoms with E-state index >= 15 is 0 Å². The second-order valence-electron chi connectivity index (χ2n) is 4.09. The molecular formula is C11H16F3N5O. The summed E-state index contributed by atoms with van der Waals surface area (Å²) < 4.78 is 38.2. The van der Waals surface area contributed by atoms with Gasteiger partial charge in [0, 0.05) is 27.1 Å². The normalized spacial score (nSPS) is 11.1. The Morgan fingerprint density at radius 1 is 1.45 bits per heavy atom. The van der Waals surface area contributed by atoms with Gasteiger partial charge in [-0.25, -0.2) is 10.8 Å². The van der Waals surface area contributed by atoms with Crippen LogP contribution in [0, 0.1) is 0 Å². The number of carbonyl (C=O) groups excluding carboxylic acids is 1. The molecule has 6 nitrogen and oxygen atoms in total. The monoisotopic (exact) mass is 291 g/mol. The molecule has 0 aliphatic carbocycles. The van der Waals surface area contributed by atoms with E-state index in [4.69, 9.17) is 5.84 Å². The number of nitrogen functional groups attached to an aromatic ring is 1. The topological polar surface area (TPSA) is 83.3 Å². The van der Waals surface area contributed by atoms with Crippen LogP contribution in [0.15, 0.2) is 12.1 Å². The molecule has 0 aliphatic heterocycles. The molecule has 0 unspecified atom stereocenters. The molecule has 0 bridgehead atoms. The molecule has 0 radical (unpaired) electrons. The average Bonchev–Trinajstić information content (AvgIpc) is 2.42. The summed E-state index contributed by atoms with van der Waals surface area (Å²) in [4.78, 5) is 16.5. The molecule has 0 aromatic carbocycles. The lowest BCUT2D eigenvalue weighted by Crippen LogP contribution is -2.27. The first-order valence-corrected chi connectivity index (χ1v) is 5.75. The van der Waals surface area contributed by atoms with Gasteiger partial charge in [0.1, 0.15) is 11.6 Å². The van der Waals surface area contributed by atoms with Crippen LogP contribution in [0.2, 0.25) is 0 Å². The van der Waals surface area contributed by atoms with Crippen molar-refractivity contribution < 1.29 is 18.0 Å². The molecule has 20 heavy (non-hydrogen) atoms. The molecule has 0 fully saturated rings. The summed E-state index contributed by atoms with van der Waals surface area (Å²) in [6.07, 6.45) is -4.35. The Bertz CT molecular complexity index is 478. The van der Waals surface area contributed by atoms with Crippen LogP contribution in [0.25, 0.3) is 0 Å². The molecule has 1 heterocycles. The summed E-state index contributed by atoms with van der Waals surface area (Å²) >= 11 is 0. The van der Waals surface area contributed by atoms with Crippen LogP contribution in [-0.4, -0.2) is 31.5 Å². The number of alkyl halides is 3. The van der Waals surface area contributed by atoms with E-state index in [-0.39, 0.29) is 30.5 Å². The minimum atomic E-state index is -4.50. The summed E-state index contributed by atoms with van der Waals surface area (Å²) in [5.41, 5.74) is 1.23. The first-order chi connectivity index (χ1) is 9.27. The summed E-state index contributed by atoms with van der Waals surface area (Å²) in [6, 6.07) is 1.72. The maximum absolute atomic E-state index is 12.7. The predicted octanol–water partition coefficient (Wildman–Crippen LogP) is 0.958. The van der Waals surface area contributed by atoms with E-state index in [1.165, 1.54) is 11.9 Å². The molecule has 4 N–H and O–H groups in total. The molecular weight excluding hydrogens is 275 g/mol. The Morgan fingerprint density at radius 3 is 2.60 bits per heavy atom. The third kappa shape index (κ3) is 4.26. The molecule has 1 rings (SSSR count). The molecule has 112 valence electrons. The third-order valence-corrected chi connectivity index (χ3v) is 2.63.